The molecule has 6 heteroatoms. The Morgan fingerprint density at radius 1 is 1.50 bits per heavy atom. The number of nitrogens with two attached hydrogens (primary N) is 1. The number of carbonyl (C=O) groups excluding carboxylic acids is 1. The molecular formula is C12H12FN3O2. The van der Waals surface area contributed by atoms with E-state index in [0.717, 1.165) is 0 Å². The van der Waals surface area contributed by atoms with Crippen molar-refractivity contribution >= 4 is 5.91 Å². The standard InChI is InChI=1S/C12H12FN3O2/c1-7(17)11-8(13)3-2-4-10(11)16-6-5-9(15-16)12(14)18/h2-7,17H,1H3,(H2,14,18)/t7-/m0/s1. The van der Waals surface area contributed by atoms with Gasteiger partial charge in [-0.3, -0.25) is 4.79 Å². The minimum Gasteiger partial charge on any atom is -0.389 e. The number of aliphatic hydroxyl groups excluding tert-OH is 1. The number of nitrogens with zero attached hydrogens (tertiary/aromatic N) is 2. The van der Waals surface area contributed by atoms with Gasteiger partial charge < -0.3 is 10.8 Å². The summed E-state index contributed by atoms with van der Waals surface area (Å²) in [5, 5.41) is 13.5. The SMILES string of the molecule is C[C@H](O)c1c(F)cccc1-n1ccc(C(N)=O)n1. The van der Waals surface area contributed by atoms with Crippen LogP contribution in [0.1, 0.15) is 29.1 Å². The average molecular weight is 249 g/mol. The Hall–Kier alpha value is -2.21. The molecule has 1 atom stereocenters. The molecule has 1 amide bonds. The summed E-state index contributed by atoms with van der Waals surface area (Å²) in [7, 11) is 0. The fourth-order valence-corrected chi connectivity index (χ4v) is 1.73. The number of halogens is 1. The molecule has 94 valence electrons. The van der Waals surface area contributed by atoms with Gasteiger partial charge in [0, 0.05) is 11.8 Å². The first-order chi connectivity index (χ1) is 8.50. The monoisotopic (exact) mass is 249 g/mol. The summed E-state index contributed by atoms with van der Waals surface area (Å²) in [6.07, 6.45) is 0.503. The van der Waals surface area contributed by atoms with Crippen LogP contribution >= 0.6 is 0 Å². The van der Waals surface area contributed by atoms with Crippen LogP contribution in [0.15, 0.2) is 30.5 Å². The van der Waals surface area contributed by atoms with Crippen LogP contribution in [0.5, 0.6) is 0 Å². The summed E-state index contributed by atoms with van der Waals surface area (Å²) in [6.45, 7) is 1.46. The van der Waals surface area contributed by atoms with Gasteiger partial charge in [0.05, 0.1) is 11.8 Å². The molecule has 5 nitrogen and oxygen atoms in total. The number of carbonyl (C=O) groups is 1. The number of primary amides is 1. The van der Waals surface area contributed by atoms with Crippen molar-refractivity contribution in [1.29, 1.82) is 0 Å². The molecule has 0 aliphatic heterocycles. The lowest BCUT2D eigenvalue weighted by molar-refractivity contribution is 0.0995. The first kappa shape index (κ1) is 12.3. The Morgan fingerprint density at radius 2 is 2.22 bits per heavy atom. The molecule has 0 aliphatic rings. The van der Waals surface area contributed by atoms with Crippen molar-refractivity contribution in [2.24, 2.45) is 5.73 Å². The van der Waals surface area contributed by atoms with E-state index in [-0.39, 0.29) is 11.3 Å². The number of amides is 1. The zero-order valence-corrected chi connectivity index (χ0v) is 9.67. The van der Waals surface area contributed by atoms with Crippen LogP contribution in [0.25, 0.3) is 5.69 Å². The summed E-state index contributed by atoms with van der Waals surface area (Å²) < 4.78 is 15.0. The Kier molecular flexibility index (Phi) is 3.12. The number of hydrogen-bond donors (Lipinski definition) is 2. The van der Waals surface area contributed by atoms with Crippen LogP contribution in [-0.2, 0) is 0 Å². The Balaban J connectivity index is 2.56. The number of aromatic nitrogens is 2. The highest BCUT2D eigenvalue weighted by Crippen LogP contribution is 2.24. The minimum atomic E-state index is -0.984. The van der Waals surface area contributed by atoms with E-state index in [4.69, 9.17) is 5.73 Å². The molecule has 1 heterocycles. The van der Waals surface area contributed by atoms with Gasteiger partial charge in [0.25, 0.3) is 5.91 Å². The molecule has 0 bridgehead atoms. The summed E-state index contributed by atoms with van der Waals surface area (Å²) in [5.41, 5.74) is 5.67. The van der Waals surface area contributed by atoms with Crippen LogP contribution in [-0.4, -0.2) is 20.8 Å². The van der Waals surface area contributed by atoms with Crippen LogP contribution in [0.2, 0.25) is 0 Å². The lowest BCUT2D eigenvalue weighted by atomic mass is 10.1. The zero-order valence-electron chi connectivity index (χ0n) is 9.67. The van der Waals surface area contributed by atoms with Crippen molar-refractivity contribution in [1.82, 2.24) is 9.78 Å². The number of rotatable bonds is 3. The van der Waals surface area contributed by atoms with E-state index < -0.39 is 17.8 Å². The van der Waals surface area contributed by atoms with E-state index >= 15 is 0 Å². The maximum atomic E-state index is 13.7. The van der Waals surface area contributed by atoms with Gasteiger partial charge in [0.1, 0.15) is 11.5 Å². The molecule has 0 radical (unpaired) electrons. The van der Waals surface area contributed by atoms with Crippen molar-refractivity contribution in [3.63, 3.8) is 0 Å². The van der Waals surface area contributed by atoms with Crippen molar-refractivity contribution in [2.75, 3.05) is 0 Å². The van der Waals surface area contributed by atoms with Crippen LogP contribution in [0, 0.1) is 5.82 Å². The molecule has 0 unspecified atom stereocenters. The van der Waals surface area contributed by atoms with Crippen LogP contribution < -0.4 is 5.73 Å². The molecule has 0 fully saturated rings. The summed E-state index contributed by atoms with van der Waals surface area (Å²) in [5.74, 6) is -1.19. The Labute approximate surface area is 103 Å². The van der Waals surface area contributed by atoms with Gasteiger partial charge in [-0.1, -0.05) is 6.07 Å². The van der Waals surface area contributed by atoms with E-state index in [2.05, 4.69) is 5.10 Å². The molecule has 0 saturated carbocycles. The van der Waals surface area contributed by atoms with Gasteiger partial charge >= 0.3 is 0 Å². The molecule has 1 aromatic carbocycles. The van der Waals surface area contributed by atoms with Crippen molar-refractivity contribution in [3.8, 4) is 5.69 Å². The highest BCUT2D eigenvalue weighted by atomic mass is 19.1. The fraction of sp³-hybridized carbons (Fsp3) is 0.167. The molecule has 2 aromatic rings. The third-order valence-electron chi connectivity index (χ3n) is 2.54. The first-order valence-corrected chi connectivity index (χ1v) is 5.33. The predicted molar refractivity (Wildman–Crippen MR) is 62.7 cm³/mol. The second-order valence-corrected chi connectivity index (χ2v) is 3.86. The highest BCUT2D eigenvalue weighted by Gasteiger charge is 2.16. The van der Waals surface area contributed by atoms with Crippen molar-refractivity contribution in [2.45, 2.75) is 13.0 Å². The third kappa shape index (κ3) is 2.10. The zero-order chi connectivity index (χ0) is 13.3. The van der Waals surface area contributed by atoms with Gasteiger partial charge in [0.2, 0.25) is 0 Å². The molecule has 1 aromatic heterocycles. The largest absolute Gasteiger partial charge is 0.389 e. The maximum absolute atomic E-state index is 13.7. The normalized spacial score (nSPS) is 12.4. The molecule has 0 spiro atoms. The van der Waals surface area contributed by atoms with Gasteiger partial charge in [-0.05, 0) is 25.1 Å². The van der Waals surface area contributed by atoms with E-state index in [9.17, 15) is 14.3 Å². The topological polar surface area (TPSA) is 81.1 Å². The second kappa shape index (κ2) is 4.58. The maximum Gasteiger partial charge on any atom is 0.269 e. The molecule has 0 aliphatic carbocycles. The minimum absolute atomic E-state index is 0.0794. The predicted octanol–water partition coefficient (Wildman–Crippen LogP) is 1.16. The first-order valence-electron chi connectivity index (χ1n) is 5.33. The lowest BCUT2D eigenvalue weighted by Crippen LogP contribution is -2.13. The summed E-state index contributed by atoms with van der Waals surface area (Å²) in [6, 6.07) is 5.79. The number of aliphatic hydroxyl groups is 1. The molecular weight excluding hydrogens is 237 g/mol. The van der Waals surface area contributed by atoms with Gasteiger partial charge in [-0.15, -0.1) is 0 Å². The van der Waals surface area contributed by atoms with Gasteiger partial charge in [0.15, 0.2) is 0 Å². The Morgan fingerprint density at radius 3 is 2.78 bits per heavy atom. The quantitative estimate of drug-likeness (QED) is 0.856. The smallest absolute Gasteiger partial charge is 0.269 e. The second-order valence-electron chi connectivity index (χ2n) is 3.86. The summed E-state index contributed by atoms with van der Waals surface area (Å²) in [4.78, 5) is 11.0. The average Bonchev–Trinajstić information content (AvgIpc) is 2.77. The highest BCUT2D eigenvalue weighted by molar-refractivity contribution is 5.90. The number of hydrogen-bond acceptors (Lipinski definition) is 3. The summed E-state index contributed by atoms with van der Waals surface area (Å²) >= 11 is 0. The van der Waals surface area contributed by atoms with Crippen LogP contribution in [0.3, 0.4) is 0 Å². The van der Waals surface area contributed by atoms with E-state index in [1.807, 2.05) is 0 Å². The molecule has 0 saturated heterocycles. The Bertz CT molecular complexity index is 593. The molecule has 18 heavy (non-hydrogen) atoms. The van der Waals surface area contributed by atoms with Crippen molar-refractivity contribution in [3.05, 3.63) is 47.5 Å². The van der Waals surface area contributed by atoms with Gasteiger partial charge in [-0.25, -0.2) is 9.07 Å². The molecule has 2 rings (SSSR count). The van der Waals surface area contributed by atoms with Crippen molar-refractivity contribution < 1.29 is 14.3 Å². The van der Waals surface area contributed by atoms with E-state index in [0.29, 0.717) is 5.69 Å². The molecule has 3 N–H and O–H groups in total. The van der Waals surface area contributed by atoms with Gasteiger partial charge in [-0.2, -0.15) is 5.10 Å². The van der Waals surface area contributed by atoms with E-state index in [1.54, 1.807) is 6.07 Å². The lowest BCUT2D eigenvalue weighted by Gasteiger charge is -2.12. The van der Waals surface area contributed by atoms with Crippen LogP contribution in [0.4, 0.5) is 4.39 Å². The fourth-order valence-electron chi connectivity index (χ4n) is 1.73. The van der Waals surface area contributed by atoms with E-state index in [1.165, 1.54) is 36.0 Å². The third-order valence-corrected chi connectivity index (χ3v) is 2.54. The number of benzene rings is 1.